The zero-order valence-electron chi connectivity index (χ0n) is 28.4. The van der Waals surface area contributed by atoms with Gasteiger partial charge in [-0.15, -0.1) is 0 Å². The number of hydrogen-bond donors (Lipinski definition) is 0. The van der Waals surface area contributed by atoms with Crippen LogP contribution in [0, 0.1) is 5.88 Å². The summed E-state index contributed by atoms with van der Waals surface area (Å²) in [6.07, 6.45) is 0. The van der Waals surface area contributed by atoms with Gasteiger partial charge in [0.25, 0.3) is 0 Å². The smallest absolute Gasteiger partial charge is 0.169 e. The molecule has 3 heteroatoms. The number of benzene rings is 3. The first-order valence-electron chi connectivity index (χ1n) is 15.1. The van der Waals surface area contributed by atoms with Gasteiger partial charge >= 0.3 is 0 Å². The molecule has 0 amide bonds. The van der Waals surface area contributed by atoms with E-state index in [0.717, 1.165) is 21.8 Å². The topological polar surface area (TPSA) is 3.24 Å². The van der Waals surface area contributed by atoms with Crippen molar-refractivity contribution in [1.29, 1.82) is 0 Å². The summed E-state index contributed by atoms with van der Waals surface area (Å²) in [6, 6.07) is 18.6. The quantitative estimate of drug-likeness (QED) is 0.294. The Morgan fingerprint density at radius 2 is 0.881 bits per heavy atom. The molecule has 0 aromatic heterocycles. The fourth-order valence-corrected chi connectivity index (χ4v) is 6.12. The van der Waals surface area contributed by atoms with Crippen LogP contribution >= 0.6 is 23.4 Å². The van der Waals surface area contributed by atoms with Gasteiger partial charge in [0.2, 0.25) is 0 Å². The first kappa shape index (κ1) is 32.7. The molecule has 0 bridgehead atoms. The van der Waals surface area contributed by atoms with Gasteiger partial charge in [0.1, 0.15) is 0 Å². The van der Waals surface area contributed by atoms with Crippen LogP contribution in [-0.4, -0.2) is 0 Å². The predicted octanol–water partition coefficient (Wildman–Crippen LogP) is 12.7. The van der Waals surface area contributed by atoms with E-state index in [-0.39, 0.29) is 21.7 Å². The van der Waals surface area contributed by atoms with Gasteiger partial charge in [0.15, 0.2) is 5.88 Å². The molecule has 1 nitrogen and oxygen atoms in total. The van der Waals surface area contributed by atoms with Crippen LogP contribution in [0.25, 0.3) is 22.3 Å². The van der Waals surface area contributed by atoms with Crippen LogP contribution in [0.5, 0.6) is 0 Å². The van der Waals surface area contributed by atoms with E-state index in [1.807, 2.05) is 0 Å². The third-order valence-corrected chi connectivity index (χ3v) is 9.48. The van der Waals surface area contributed by atoms with Crippen LogP contribution in [0.1, 0.15) is 119 Å². The van der Waals surface area contributed by atoms with Crippen LogP contribution in [0.4, 0.5) is 5.69 Å². The lowest BCUT2D eigenvalue weighted by atomic mass is 9.77. The maximum absolute atomic E-state index is 7.06. The number of thioether (sulfide) groups is 1. The van der Waals surface area contributed by atoms with Crippen molar-refractivity contribution in [2.24, 2.45) is 0 Å². The Hall–Kier alpha value is -2.16. The number of hydrogen-bond acceptors (Lipinski definition) is 2. The first-order valence-corrected chi connectivity index (χ1v) is 16.3. The van der Waals surface area contributed by atoms with Crippen LogP contribution in [0.15, 0.2) is 59.1 Å². The molecule has 1 aliphatic rings. The Morgan fingerprint density at radius 3 is 1.14 bits per heavy atom. The van der Waals surface area contributed by atoms with Crippen molar-refractivity contribution in [3.63, 3.8) is 0 Å². The minimum Gasteiger partial charge on any atom is -0.322 e. The second kappa shape index (κ2) is 11.1. The molecule has 1 heterocycles. The fourth-order valence-electron chi connectivity index (χ4n) is 5.21. The van der Waals surface area contributed by atoms with Gasteiger partial charge in [-0.2, -0.15) is 0 Å². The van der Waals surface area contributed by atoms with E-state index in [1.54, 1.807) is 11.8 Å². The molecule has 0 spiro atoms. The molecule has 0 unspecified atom stereocenters. The van der Waals surface area contributed by atoms with Gasteiger partial charge in [0.05, 0.1) is 5.69 Å². The third-order valence-electron chi connectivity index (χ3n) is 8.39. The number of allylic oxidation sites excluding steroid dienone is 2. The number of halogens is 1. The first-order chi connectivity index (χ1) is 19.1. The van der Waals surface area contributed by atoms with E-state index in [4.69, 9.17) is 11.6 Å². The molecule has 4 rings (SSSR count). The molecule has 0 saturated carbocycles. The van der Waals surface area contributed by atoms with Gasteiger partial charge in [-0.05, 0) is 81.0 Å². The average Bonchev–Trinajstić information content (AvgIpc) is 3.18. The number of rotatable bonds is 3. The van der Waals surface area contributed by atoms with Crippen LogP contribution in [0.2, 0.25) is 5.02 Å². The largest absolute Gasteiger partial charge is 0.322 e. The van der Waals surface area contributed by atoms with E-state index in [2.05, 4.69) is 156 Å². The lowest BCUT2D eigenvalue weighted by molar-refractivity contribution is 0.568. The molecule has 2 radical (unpaired) electrons. The lowest BCUT2D eigenvalue weighted by Crippen LogP contribution is -2.18. The Bertz CT molecular complexity index is 1370. The van der Waals surface area contributed by atoms with Gasteiger partial charge in [0, 0.05) is 26.8 Å². The van der Waals surface area contributed by atoms with Crippen molar-refractivity contribution in [3.8, 4) is 22.3 Å². The predicted molar refractivity (Wildman–Crippen MR) is 189 cm³/mol. The second-order valence-electron chi connectivity index (χ2n) is 16.1. The number of nitrogens with zero attached hydrogens (tertiary/aromatic N) is 1. The van der Waals surface area contributed by atoms with E-state index in [1.165, 1.54) is 44.0 Å². The van der Waals surface area contributed by atoms with Crippen LogP contribution in [-0.2, 0) is 21.7 Å². The van der Waals surface area contributed by atoms with Crippen molar-refractivity contribution in [3.05, 3.63) is 92.3 Å². The molecular weight excluding hydrogens is 550 g/mol. The molecule has 3 aromatic rings. The normalized spacial score (nSPS) is 15.2. The van der Waals surface area contributed by atoms with Crippen LogP contribution < -0.4 is 4.90 Å². The van der Waals surface area contributed by atoms with Gasteiger partial charge in [-0.3, -0.25) is 0 Å². The highest BCUT2D eigenvalue weighted by Crippen LogP contribution is 2.50. The second-order valence-corrected chi connectivity index (χ2v) is 17.6. The minimum absolute atomic E-state index is 0.00832. The van der Waals surface area contributed by atoms with Crippen molar-refractivity contribution < 1.29 is 0 Å². The summed E-state index contributed by atoms with van der Waals surface area (Å²) in [7, 11) is 0. The van der Waals surface area contributed by atoms with E-state index < -0.39 is 0 Å². The molecule has 0 aliphatic carbocycles. The van der Waals surface area contributed by atoms with E-state index in [0.29, 0.717) is 0 Å². The molecule has 0 saturated heterocycles. The van der Waals surface area contributed by atoms with Crippen molar-refractivity contribution in [2.45, 2.75) is 119 Å². The monoisotopic (exact) mass is 599 g/mol. The molecule has 0 atom stereocenters. The molecule has 224 valence electrons. The summed E-state index contributed by atoms with van der Waals surface area (Å²) in [4.78, 5) is 3.53. The lowest BCUT2D eigenvalue weighted by Gasteiger charge is -2.30. The summed E-state index contributed by atoms with van der Waals surface area (Å²) in [6.45, 7) is 31.9. The molecule has 1 aliphatic heterocycles. The third kappa shape index (κ3) is 6.81. The zero-order chi connectivity index (χ0) is 31.6. The van der Waals surface area contributed by atoms with Gasteiger partial charge in [-0.1, -0.05) is 143 Å². The molecule has 3 aromatic carbocycles. The molecular formula is C39H50ClNS. The van der Waals surface area contributed by atoms with Crippen molar-refractivity contribution >= 4 is 29.1 Å². The summed E-state index contributed by atoms with van der Waals surface area (Å²) in [5.41, 5.74) is 12.3. The highest BCUT2D eigenvalue weighted by atomic mass is 35.5. The minimum atomic E-state index is 0.00832. The van der Waals surface area contributed by atoms with E-state index >= 15 is 0 Å². The standard InChI is InChI=1S/C39H50ClNS/c1-24-25(2)42-23-41(24)35-33(26-15-28(36(3,4)5)19-29(16-26)37(6,7)8)21-32(40)22-34(35)27-17-30(38(9,10)11)20-31(18-27)39(12,13)14/h15-22H,1-14H3. The Kier molecular flexibility index (Phi) is 8.64. The molecule has 0 fully saturated rings. The average molecular weight is 600 g/mol. The van der Waals surface area contributed by atoms with Gasteiger partial charge < -0.3 is 4.90 Å². The highest BCUT2D eigenvalue weighted by Gasteiger charge is 2.30. The van der Waals surface area contributed by atoms with Crippen molar-refractivity contribution in [1.82, 2.24) is 0 Å². The fraction of sp³-hybridized carbons (Fsp3) is 0.462. The molecule has 0 N–H and O–H groups in total. The maximum Gasteiger partial charge on any atom is 0.169 e. The Morgan fingerprint density at radius 1 is 0.548 bits per heavy atom. The summed E-state index contributed by atoms with van der Waals surface area (Å²) < 4.78 is 0. The summed E-state index contributed by atoms with van der Waals surface area (Å²) in [5.74, 6) is 3.62. The Labute approximate surface area is 266 Å². The summed E-state index contributed by atoms with van der Waals surface area (Å²) in [5, 5.41) is 0.742. The van der Waals surface area contributed by atoms with E-state index in [9.17, 15) is 0 Å². The zero-order valence-corrected chi connectivity index (χ0v) is 29.9. The highest BCUT2D eigenvalue weighted by molar-refractivity contribution is 8.05. The Balaban J connectivity index is 2.16. The maximum atomic E-state index is 7.06. The van der Waals surface area contributed by atoms with Crippen LogP contribution in [0.3, 0.4) is 0 Å². The van der Waals surface area contributed by atoms with Gasteiger partial charge in [-0.25, -0.2) is 0 Å². The SMILES string of the molecule is CC1=C(C)N(c2c(-c3cc(C(C)(C)C)cc(C(C)(C)C)c3)cc(Cl)cc2-c2cc(C(C)(C)C)cc(C(C)(C)C)c2)[C]S1. The number of anilines is 1. The van der Waals surface area contributed by atoms with Crippen molar-refractivity contribution in [2.75, 3.05) is 4.90 Å². The molecule has 42 heavy (non-hydrogen) atoms. The summed E-state index contributed by atoms with van der Waals surface area (Å²) >= 11 is 8.73.